The third kappa shape index (κ3) is 6.92. The summed E-state index contributed by atoms with van der Waals surface area (Å²) in [6.45, 7) is 9.31. The lowest BCUT2D eigenvalue weighted by atomic mass is 9.71. The van der Waals surface area contributed by atoms with Crippen LogP contribution in [0.3, 0.4) is 0 Å². The van der Waals surface area contributed by atoms with Crippen LogP contribution in [0.4, 0.5) is 0 Å². The van der Waals surface area contributed by atoms with E-state index in [-0.39, 0.29) is 18.6 Å². The fraction of sp³-hybridized carbons (Fsp3) is 0.586. The molecule has 2 aromatic carbocycles. The first kappa shape index (κ1) is 25.6. The maximum absolute atomic E-state index is 9.56. The van der Waals surface area contributed by atoms with Crippen molar-refractivity contribution in [3.63, 3.8) is 0 Å². The lowest BCUT2D eigenvalue weighted by Crippen LogP contribution is -2.25. The molecule has 172 valence electrons. The van der Waals surface area contributed by atoms with E-state index in [4.69, 9.17) is 0 Å². The van der Waals surface area contributed by atoms with Gasteiger partial charge in [-0.15, -0.1) is 0 Å². The van der Waals surface area contributed by atoms with Crippen molar-refractivity contribution < 1.29 is 10.2 Å². The molecule has 0 saturated carbocycles. The van der Waals surface area contributed by atoms with Crippen LogP contribution in [-0.2, 0) is 31.5 Å². The zero-order valence-electron chi connectivity index (χ0n) is 20.3. The second-order valence-corrected chi connectivity index (χ2v) is 9.18. The average Bonchev–Trinajstić information content (AvgIpc) is 2.83. The van der Waals surface area contributed by atoms with Gasteiger partial charge >= 0.3 is 0 Å². The van der Waals surface area contributed by atoms with Gasteiger partial charge in [0.25, 0.3) is 0 Å². The third-order valence-electron chi connectivity index (χ3n) is 7.63. The summed E-state index contributed by atoms with van der Waals surface area (Å²) in [4.78, 5) is 0. The quantitative estimate of drug-likeness (QED) is 0.339. The summed E-state index contributed by atoms with van der Waals surface area (Å²) >= 11 is 0. The molecule has 0 aromatic heterocycles. The normalized spacial score (nSPS) is 12.0. The van der Waals surface area contributed by atoms with Gasteiger partial charge in [0.1, 0.15) is 0 Å². The van der Waals surface area contributed by atoms with Crippen LogP contribution >= 0.6 is 0 Å². The lowest BCUT2D eigenvalue weighted by molar-refractivity contribution is 0.260. The fourth-order valence-corrected chi connectivity index (χ4v) is 5.06. The van der Waals surface area contributed by atoms with Crippen LogP contribution in [0.1, 0.15) is 100 Å². The topological polar surface area (TPSA) is 40.5 Å². The molecule has 0 spiro atoms. The molecule has 0 atom stereocenters. The molecule has 2 rings (SSSR count). The van der Waals surface area contributed by atoms with Crippen molar-refractivity contribution in [2.45, 2.75) is 104 Å². The molecule has 0 heterocycles. The molecule has 2 aromatic rings. The Hall–Kier alpha value is -1.64. The second kappa shape index (κ2) is 13.0. The maximum Gasteiger partial charge on any atom is 0.0685 e. The summed E-state index contributed by atoms with van der Waals surface area (Å²) in [5.74, 6) is 0.874. The van der Waals surface area contributed by atoms with Gasteiger partial charge < -0.3 is 10.2 Å². The molecular weight excluding hydrogens is 380 g/mol. The van der Waals surface area contributed by atoms with Crippen LogP contribution in [-0.4, -0.2) is 10.2 Å². The predicted octanol–water partition coefficient (Wildman–Crippen LogP) is 7.12. The van der Waals surface area contributed by atoms with Crippen molar-refractivity contribution in [3.05, 3.63) is 70.3 Å². The molecule has 0 radical (unpaired) electrons. The Morgan fingerprint density at radius 2 is 1.42 bits per heavy atom. The zero-order chi connectivity index (χ0) is 22.7. The minimum atomic E-state index is -0.0222. The molecule has 31 heavy (non-hydrogen) atoms. The van der Waals surface area contributed by atoms with E-state index in [2.05, 4.69) is 58.0 Å². The van der Waals surface area contributed by atoms with E-state index in [1.807, 2.05) is 12.1 Å². The fourth-order valence-electron chi connectivity index (χ4n) is 5.06. The number of aliphatic hydroxyl groups excluding tert-OH is 2. The number of aliphatic hydroxyl groups is 2. The molecular formula is C29H44O2. The molecule has 0 aliphatic heterocycles. The molecule has 0 amide bonds. The number of benzene rings is 2. The molecule has 0 fully saturated rings. The molecule has 0 aliphatic carbocycles. The number of rotatable bonds is 14. The monoisotopic (exact) mass is 424 g/mol. The first-order chi connectivity index (χ1) is 15.0. The van der Waals surface area contributed by atoms with Crippen molar-refractivity contribution in [2.75, 3.05) is 0 Å². The van der Waals surface area contributed by atoms with E-state index in [9.17, 15) is 10.2 Å². The van der Waals surface area contributed by atoms with Crippen molar-refractivity contribution in [2.24, 2.45) is 5.92 Å². The summed E-state index contributed by atoms with van der Waals surface area (Å²) in [6.07, 6.45) is 10.9. The minimum Gasteiger partial charge on any atom is -0.392 e. The van der Waals surface area contributed by atoms with Gasteiger partial charge in [-0.2, -0.15) is 0 Å². The molecule has 2 nitrogen and oxygen atoms in total. The third-order valence-corrected chi connectivity index (χ3v) is 7.63. The van der Waals surface area contributed by atoms with Crippen molar-refractivity contribution >= 4 is 0 Å². The van der Waals surface area contributed by atoms with E-state index in [1.54, 1.807) is 0 Å². The zero-order valence-corrected chi connectivity index (χ0v) is 20.3. The van der Waals surface area contributed by atoms with E-state index < -0.39 is 0 Å². The van der Waals surface area contributed by atoms with Gasteiger partial charge in [-0.05, 0) is 71.3 Å². The van der Waals surface area contributed by atoms with Crippen LogP contribution in [0, 0.1) is 5.92 Å². The van der Waals surface area contributed by atoms with Crippen LogP contribution in [0.5, 0.6) is 0 Å². The van der Waals surface area contributed by atoms with Crippen LogP contribution < -0.4 is 0 Å². The molecule has 0 bridgehead atoms. The SMILES string of the molecule is CCC(CC)CCCC(CC)(CC)c1cccc(CCc2ccc(CO)c(CO)c2)c1. The van der Waals surface area contributed by atoms with Crippen molar-refractivity contribution in [1.82, 2.24) is 0 Å². The molecule has 2 N–H and O–H groups in total. The van der Waals surface area contributed by atoms with Crippen LogP contribution in [0.15, 0.2) is 42.5 Å². The predicted molar refractivity (Wildman–Crippen MR) is 132 cm³/mol. The van der Waals surface area contributed by atoms with E-state index in [1.165, 1.54) is 61.6 Å². The summed E-state index contributed by atoms with van der Waals surface area (Å²) in [5.41, 5.74) is 6.05. The van der Waals surface area contributed by atoms with Gasteiger partial charge in [0, 0.05) is 0 Å². The number of aryl methyl sites for hydroxylation is 2. The van der Waals surface area contributed by atoms with Crippen LogP contribution in [0.25, 0.3) is 0 Å². The van der Waals surface area contributed by atoms with Gasteiger partial charge in [-0.25, -0.2) is 0 Å². The molecule has 0 unspecified atom stereocenters. The number of hydrogen-bond acceptors (Lipinski definition) is 2. The smallest absolute Gasteiger partial charge is 0.0685 e. The Kier molecular flexibility index (Phi) is 10.8. The highest BCUT2D eigenvalue weighted by Gasteiger charge is 2.28. The highest BCUT2D eigenvalue weighted by atomic mass is 16.3. The van der Waals surface area contributed by atoms with Gasteiger partial charge in [-0.3, -0.25) is 0 Å². The van der Waals surface area contributed by atoms with Crippen LogP contribution in [0.2, 0.25) is 0 Å². The average molecular weight is 425 g/mol. The van der Waals surface area contributed by atoms with Gasteiger partial charge in [0.05, 0.1) is 13.2 Å². The molecule has 0 aliphatic rings. The van der Waals surface area contributed by atoms with E-state index in [0.29, 0.717) is 0 Å². The van der Waals surface area contributed by atoms with Crippen molar-refractivity contribution in [1.29, 1.82) is 0 Å². The molecule has 0 saturated heterocycles. The Labute approximate surface area is 190 Å². The summed E-state index contributed by atoms with van der Waals surface area (Å²) < 4.78 is 0. The first-order valence-electron chi connectivity index (χ1n) is 12.5. The summed E-state index contributed by atoms with van der Waals surface area (Å²) in [7, 11) is 0. The van der Waals surface area contributed by atoms with Gasteiger partial charge in [0.2, 0.25) is 0 Å². The summed E-state index contributed by atoms with van der Waals surface area (Å²) in [6, 6.07) is 15.3. The van der Waals surface area contributed by atoms with E-state index in [0.717, 1.165) is 29.9 Å². The Balaban J connectivity index is 2.10. The Morgan fingerprint density at radius 1 is 0.774 bits per heavy atom. The van der Waals surface area contributed by atoms with Crippen molar-refractivity contribution in [3.8, 4) is 0 Å². The Morgan fingerprint density at radius 3 is 2.00 bits per heavy atom. The molecule has 2 heteroatoms. The Bertz CT molecular complexity index is 772. The minimum absolute atomic E-state index is 0.0222. The first-order valence-corrected chi connectivity index (χ1v) is 12.5. The highest BCUT2D eigenvalue weighted by molar-refractivity contribution is 5.34. The standard InChI is InChI=1S/C29H44O2/c1-5-23(6-2)12-10-18-29(7-3,8-4)28-13-9-11-24(20-28)14-15-25-16-17-26(21-30)27(19-25)22-31/h9,11,13,16-17,19-20,23,30-31H,5-8,10,12,14-15,18,21-22H2,1-4H3. The summed E-state index contributed by atoms with van der Waals surface area (Å²) in [5, 5.41) is 19.0. The van der Waals surface area contributed by atoms with E-state index >= 15 is 0 Å². The largest absolute Gasteiger partial charge is 0.392 e. The highest BCUT2D eigenvalue weighted by Crippen LogP contribution is 2.38. The number of hydrogen-bond donors (Lipinski definition) is 2. The van der Waals surface area contributed by atoms with Gasteiger partial charge in [0.15, 0.2) is 0 Å². The lowest BCUT2D eigenvalue weighted by Gasteiger charge is -2.33. The van der Waals surface area contributed by atoms with Gasteiger partial charge in [-0.1, -0.05) is 95.8 Å². The second-order valence-electron chi connectivity index (χ2n) is 9.18. The maximum atomic E-state index is 9.56.